The van der Waals surface area contributed by atoms with Gasteiger partial charge < -0.3 is 9.67 Å². The van der Waals surface area contributed by atoms with Crippen LogP contribution in [0.4, 0.5) is 0 Å². The second-order valence-electron chi connectivity index (χ2n) is 8.68. The lowest BCUT2D eigenvalue weighted by molar-refractivity contribution is 0.475. The molecule has 6 aromatic rings. The largest absolute Gasteiger partial charge is 0.508 e. The van der Waals surface area contributed by atoms with E-state index in [2.05, 4.69) is 114 Å². The van der Waals surface area contributed by atoms with E-state index in [0.717, 1.165) is 38.9 Å². The van der Waals surface area contributed by atoms with Crippen LogP contribution in [0.25, 0.3) is 22.2 Å². The first-order valence-corrected chi connectivity index (χ1v) is 11.7. The molecule has 5 aromatic carbocycles. The molecule has 3 heteroatoms. The Morgan fingerprint density at radius 1 is 0.543 bits per heavy atom. The Morgan fingerprint density at radius 3 is 1.63 bits per heavy atom. The van der Waals surface area contributed by atoms with Gasteiger partial charge in [-0.3, -0.25) is 0 Å². The second-order valence-corrected chi connectivity index (χ2v) is 8.68. The van der Waals surface area contributed by atoms with Gasteiger partial charge in [-0.05, 0) is 52.1 Å². The van der Waals surface area contributed by atoms with Gasteiger partial charge >= 0.3 is 0 Å². The fraction of sp³-hybridized carbons (Fsp3) is 0.0312. The normalized spacial score (nSPS) is 11.5. The monoisotopic (exact) mass is 452 g/mol. The number of imidazole rings is 1. The van der Waals surface area contributed by atoms with Gasteiger partial charge in [0.25, 0.3) is 0 Å². The predicted molar refractivity (Wildman–Crippen MR) is 141 cm³/mol. The quantitative estimate of drug-likeness (QED) is 0.280. The highest BCUT2D eigenvalue weighted by atomic mass is 16.3. The van der Waals surface area contributed by atoms with E-state index in [1.807, 2.05) is 18.5 Å². The summed E-state index contributed by atoms with van der Waals surface area (Å²) in [7, 11) is 0. The Balaban J connectivity index is 1.71. The Labute approximate surface area is 204 Å². The summed E-state index contributed by atoms with van der Waals surface area (Å²) >= 11 is 0. The van der Waals surface area contributed by atoms with E-state index >= 15 is 0 Å². The van der Waals surface area contributed by atoms with Gasteiger partial charge in [0, 0.05) is 0 Å². The van der Waals surface area contributed by atoms with Gasteiger partial charge in [0.15, 0.2) is 0 Å². The SMILES string of the molecule is Oc1cccc(-c2ccc3ncn(C(c4ccccc4)(c4ccccc4)c4ccccc4)c3c2)c1. The Kier molecular flexibility index (Phi) is 5.16. The second kappa shape index (κ2) is 8.62. The minimum atomic E-state index is -0.629. The van der Waals surface area contributed by atoms with E-state index in [9.17, 15) is 5.11 Å². The number of hydrogen-bond donors (Lipinski definition) is 1. The molecule has 0 spiro atoms. The number of hydrogen-bond acceptors (Lipinski definition) is 2. The van der Waals surface area contributed by atoms with Crippen molar-refractivity contribution in [2.24, 2.45) is 0 Å². The van der Waals surface area contributed by atoms with Gasteiger partial charge in [-0.15, -0.1) is 0 Å². The molecule has 6 rings (SSSR count). The summed E-state index contributed by atoms with van der Waals surface area (Å²) in [5.41, 5.74) is 6.75. The molecule has 1 aromatic heterocycles. The molecule has 0 bridgehead atoms. The van der Waals surface area contributed by atoms with Gasteiger partial charge in [0.05, 0.1) is 17.4 Å². The predicted octanol–water partition coefficient (Wildman–Crippen LogP) is 7.25. The standard InChI is InChI=1S/C32H24N2O/c35-29-18-10-11-24(21-29)25-19-20-30-31(22-25)34(23-33-30)32(26-12-4-1-5-13-26,27-14-6-2-7-15-27)28-16-8-3-9-17-28/h1-23,35H. The minimum Gasteiger partial charge on any atom is -0.508 e. The van der Waals surface area contributed by atoms with Crippen LogP contribution in [0.15, 0.2) is 140 Å². The lowest BCUT2D eigenvalue weighted by Gasteiger charge is -2.38. The number of aromatic nitrogens is 2. The first kappa shape index (κ1) is 20.9. The van der Waals surface area contributed by atoms with E-state index in [4.69, 9.17) is 4.98 Å². The summed E-state index contributed by atoms with van der Waals surface area (Å²) in [4.78, 5) is 4.83. The van der Waals surface area contributed by atoms with Crippen molar-refractivity contribution in [3.05, 3.63) is 156 Å². The van der Waals surface area contributed by atoms with Crippen molar-refractivity contribution in [3.63, 3.8) is 0 Å². The number of phenolic OH excluding ortho intramolecular Hbond substituents is 1. The van der Waals surface area contributed by atoms with Crippen LogP contribution in [-0.2, 0) is 5.54 Å². The molecular formula is C32H24N2O. The molecule has 0 radical (unpaired) electrons. The highest BCUT2D eigenvalue weighted by molar-refractivity contribution is 5.83. The van der Waals surface area contributed by atoms with Crippen molar-refractivity contribution in [1.82, 2.24) is 9.55 Å². The summed E-state index contributed by atoms with van der Waals surface area (Å²) < 4.78 is 2.29. The first-order chi connectivity index (χ1) is 17.3. The molecule has 1 N–H and O–H groups in total. The highest BCUT2D eigenvalue weighted by Crippen LogP contribution is 2.43. The van der Waals surface area contributed by atoms with E-state index in [1.54, 1.807) is 12.1 Å². The third-order valence-electron chi connectivity index (χ3n) is 6.66. The van der Waals surface area contributed by atoms with Crippen LogP contribution >= 0.6 is 0 Å². The molecule has 0 fully saturated rings. The zero-order valence-electron chi connectivity index (χ0n) is 19.1. The average molecular weight is 453 g/mol. The van der Waals surface area contributed by atoms with Gasteiger partial charge in [0.2, 0.25) is 0 Å². The molecule has 0 atom stereocenters. The number of fused-ring (bicyclic) bond motifs is 1. The maximum Gasteiger partial charge on any atom is 0.122 e. The number of rotatable bonds is 5. The van der Waals surface area contributed by atoms with Crippen LogP contribution in [0, 0.1) is 0 Å². The average Bonchev–Trinajstić information content (AvgIpc) is 3.35. The maximum atomic E-state index is 10.1. The number of benzene rings is 5. The third-order valence-corrected chi connectivity index (χ3v) is 6.66. The smallest absolute Gasteiger partial charge is 0.122 e. The van der Waals surface area contributed by atoms with Crippen molar-refractivity contribution in [1.29, 1.82) is 0 Å². The van der Waals surface area contributed by atoms with Crippen LogP contribution in [-0.4, -0.2) is 14.7 Å². The van der Waals surface area contributed by atoms with E-state index in [-0.39, 0.29) is 5.75 Å². The molecule has 0 aliphatic carbocycles. The van der Waals surface area contributed by atoms with E-state index < -0.39 is 5.54 Å². The van der Waals surface area contributed by atoms with Crippen LogP contribution in [0.1, 0.15) is 16.7 Å². The fourth-order valence-electron chi connectivity index (χ4n) is 5.10. The summed E-state index contributed by atoms with van der Waals surface area (Å²) in [5.74, 6) is 0.253. The fourth-order valence-corrected chi connectivity index (χ4v) is 5.10. The third kappa shape index (κ3) is 3.49. The van der Waals surface area contributed by atoms with Crippen LogP contribution < -0.4 is 0 Å². The zero-order chi connectivity index (χ0) is 23.7. The van der Waals surface area contributed by atoms with Gasteiger partial charge in [0.1, 0.15) is 11.3 Å². The van der Waals surface area contributed by atoms with Crippen molar-refractivity contribution in [3.8, 4) is 16.9 Å². The molecule has 0 aliphatic rings. The molecule has 0 amide bonds. The van der Waals surface area contributed by atoms with Crippen molar-refractivity contribution >= 4 is 11.0 Å². The minimum absolute atomic E-state index is 0.253. The van der Waals surface area contributed by atoms with Crippen LogP contribution in [0.2, 0.25) is 0 Å². The lowest BCUT2D eigenvalue weighted by Crippen LogP contribution is -2.37. The van der Waals surface area contributed by atoms with Gasteiger partial charge in [-0.1, -0.05) is 109 Å². The first-order valence-electron chi connectivity index (χ1n) is 11.7. The van der Waals surface area contributed by atoms with Crippen LogP contribution in [0.3, 0.4) is 0 Å². The number of nitrogens with zero attached hydrogens (tertiary/aromatic N) is 2. The molecular weight excluding hydrogens is 428 g/mol. The van der Waals surface area contributed by atoms with Crippen molar-refractivity contribution in [2.75, 3.05) is 0 Å². The Morgan fingerprint density at radius 2 is 1.09 bits per heavy atom. The van der Waals surface area contributed by atoms with Crippen molar-refractivity contribution in [2.45, 2.75) is 5.54 Å². The Bertz CT molecular complexity index is 1490. The summed E-state index contributed by atoms with van der Waals surface area (Å²) in [6.07, 6.45) is 1.95. The molecule has 0 aliphatic heterocycles. The molecule has 3 nitrogen and oxygen atoms in total. The van der Waals surface area contributed by atoms with Gasteiger partial charge in [-0.2, -0.15) is 0 Å². The van der Waals surface area contributed by atoms with E-state index in [1.165, 1.54) is 0 Å². The maximum absolute atomic E-state index is 10.1. The number of phenols is 1. The molecule has 0 saturated heterocycles. The molecule has 0 saturated carbocycles. The zero-order valence-corrected chi connectivity index (χ0v) is 19.1. The molecule has 1 heterocycles. The summed E-state index contributed by atoms with van der Waals surface area (Å²) in [5, 5.41) is 10.1. The lowest BCUT2D eigenvalue weighted by atomic mass is 9.76. The van der Waals surface area contributed by atoms with E-state index in [0.29, 0.717) is 0 Å². The van der Waals surface area contributed by atoms with Crippen molar-refractivity contribution < 1.29 is 5.11 Å². The number of aromatic hydroxyl groups is 1. The summed E-state index contributed by atoms with van der Waals surface area (Å²) in [6.45, 7) is 0. The van der Waals surface area contributed by atoms with Crippen LogP contribution in [0.5, 0.6) is 5.75 Å². The molecule has 35 heavy (non-hydrogen) atoms. The summed E-state index contributed by atoms with van der Waals surface area (Å²) in [6, 6.07) is 45.5. The van der Waals surface area contributed by atoms with Gasteiger partial charge in [-0.25, -0.2) is 4.98 Å². The highest BCUT2D eigenvalue weighted by Gasteiger charge is 2.39. The Hall–Kier alpha value is -4.63. The topological polar surface area (TPSA) is 38.1 Å². The molecule has 0 unspecified atom stereocenters. The molecule has 168 valence electrons.